The average molecular weight is 308 g/mol. The van der Waals surface area contributed by atoms with Gasteiger partial charge in [-0.15, -0.1) is 0 Å². The molecule has 0 spiro atoms. The molecule has 1 atom stereocenters. The fourth-order valence-corrected chi connectivity index (χ4v) is 2.11. The maximum atomic E-state index is 10.7. The molecule has 0 saturated heterocycles. The number of aliphatic hydroxyl groups is 1. The Morgan fingerprint density at radius 1 is 1.09 bits per heavy atom. The van der Waals surface area contributed by atoms with Crippen molar-refractivity contribution in [1.29, 1.82) is 0 Å². The van der Waals surface area contributed by atoms with Gasteiger partial charge in [0.25, 0.3) is 0 Å². The Balaban J connectivity index is 0. The zero-order valence-electron chi connectivity index (χ0n) is 13.8. The summed E-state index contributed by atoms with van der Waals surface area (Å²) in [6, 6.07) is 0. The van der Waals surface area contributed by atoms with Gasteiger partial charge in [0.1, 0.15) is 0 Å². The van der Waals surface area contributed by atoms with Crippen LogP contribution in [-0.2, 0) is 9.59 Å². The molecule has 0 aromatic rings. The number of hydrogen-bond acceptors (Lipinski definition) is 4. The van der Waals surface area contributed by atoms with Gasteiger partial charge in [0.15, 0.2) is 6.73 Å². The van der Waals surface area contributed by atoms with Crippen LogP contribution in [0.15, 0.2) is 12.2 Å². The van der Waals surface area contributed by atoms with E-state index in [4.69, 9.17) is 5.11 Å². The predicted molar refractivity (Wildman–Crippen MR) is 77.1 cm³/mol. The maximum absolute atomic E-state index is 10.7. The molecule has 0 bridgehead atoms. The second-order valence-corrected chi connectivity index (χ2v) is 5.32. The molecule has 0 aliphatic carbocycles. The number of carbonyl (C=O) groups is 2. The van der Waals surface area contributed by atoms with E-state index >= 15 is 0 Å². The molecule has 0 saturated carbocycles. The third-order valence-corrected chi connectivity index (χ3v) is 3.55. The molecule has 7 heteroatoms. The van der Waals surface area contributed by atoms with Gasteiger partial charge in [-0.05, 0) is 6.42 Å². The van der Waals surface area contributed by atoms with Crippen molar-refractivity contribution in [2.24, 2.45) is 0 Å². The first-order valence-corrected chi connectivity index (χ1v) is 7.48. The smallest absolute Gasteiger partial charge is 0.550 e. The zero-order valence-corrected chi connectivity index (χ0v) is 13.8. The molecule has 0 radical (unpaired) electrons. The van der Waals surface area contributed by atoms with Crippen LogP contribution in [0.4, 0.5) is 0 Å². The number of allylic oxidation sites excluding steroid dienone is 1. The van der Waals surface area contributed by atoms with Crippen molar-refractivity contribution < 1.29 is 48.3 Å². The first-order chi connectivity index (χ1) is 9.95. The van der Waals surface area contributed by atoms with Gasteiger partial charge >= 0.3 is 24.8 Å². The SMILES string of the molecule is CCCC/C=C/CC[N+](CO)(CCC(=O)[O-])CCC(=O)O.[Li+]. The van der Waals surface area contributed by atoms with Crippen LogP contribution in [0.2, 0.25) is 0 Å². The minimum Gasteiger partial charge on any atom is -0.550 e. The number of unbranched alkanes of at least 4 members (excludes halogenated alkanes) is 2. The van der Waals surface area contributed by atoms with Crippen molar-refractivity contribution in [2.75, 3.05) is 26.4 Å². The predicted octanol–water partition coefficient (Wildman–Crippen LogP) is -2.49. The van der Waals surface area contributed by atoms with Crippen LogP contribution in [0.1, 0.15) is 45.4 Å². The molecule has 0 fully saturated rings. The van der Waals surface area contributed by atoms with Crippen LogP contribution in [0.3, 0.4) is 0 Å². The Hall–Kier alpha value is -0.803. The summed E-state index contributed by atoms with van der Waals surface area (Å²) in [5, 5.41) is 29.0. The maximum Gasteiger partial charge on any atom is 1.00 e. The molecule has 1 unspecified atom stereocenters. The van der Waals surface area contributed by atoms with E-state index in [0.717, 1.165) is 19.3 Å². The van der Waals surface area contributed by atoms with E-state index in [1.807, 2.05) is 6.08 Å². The molecule has 0 amide bonds. The van der Waals surface area contributed by atoms with E-state index in [0.29, 0.717) is 13.0 Å². The van der Waals surface area contributed by atoms with Crippen LogP contribution >= 0.6 is 0 Å². The van der Waals surface area contributed by atoms with Gasteiger partial charge in [-0.25, -0.2) is 0 Å². The third-order valence-electron chi connectivity index (χ3n) is 3.55. The molecule has 6 nitrogen and oxygen atoms in total. The van der Waals surface area contributed by atoms with Crippen LogP contribution in [-0.4, -0.2) is 53.0 Å². The third kappa shape index (κ3) is 11.8. The summed E-state index contributed by atoms with van der Waals surface area (Å²) in [4.78, 5) is 21.3. The van der Waals surface area contributed by atoms with Crippen LogP contribution in [0.5, 0.6) is 0 Å². The number of quaternary nitrogens is 1. The first-order valence-electron chi connectivity index (χ1n) is 7.48. The van der Waals surface area contributed by atoms with E-state index in [-0.39, 0.29) is 56.0 Å². The number of nitrogens with zero attached hydrogens (tertiary/aromatic N) is 1. The van der Waals surface area contributed by atoms with Crippen molar-refractivity contribution in [3.8, 4) is 0 Å². The minimum atomic E-state index is -1.18. The number of hydrogen-bond donors (Lipinski definition) is 2. The topological polar surface area (TPSA) is 97.7 Å². The Labute approximate surface area is 144 Å². The fourth-order valence-electron chi connectivity index (χ4n) is 2.11. The van der Waals surface area contributed by atoms with Crippen molar-refractivity contribution in [3.05, 3.63) is 12.2 Å². The molecule has 122 valence electrons. The summed E-state index contributed by atoms with van der Waals surface area (Å²) in [5.41, 5.74) is 0. The normalized spacial score (nSPS) is 13.5. The van der Waals surface area contributed by atoms with Crippen LogP contribution in [0, 0.1) is 0 Å². The largest absolute Gasteiger partial charge is 1.00 e. The van der Waals surface area contributed by atoms with E-state index in [9.17, 15) is 19.8 Å². The van der Waals surface area contributed by atoms with Crippen molar-refractivity contribution in [1.82, 2.24) is 0 Å². The van der Waals surface area contributed by atoms with E-state index in [1.165, 1.54) is 0 Å². The van der Waals surface area contributed by atoms with Crippen molar-refractivity contribution in [3.63, 3.8) is 0 Å². The number of carbonyl (C=O) groups excluding carboxylic acids is 1. The summed E-state index contributed by atoms with van der Waals surface area (Å²) in [6.45, 7) is 2.80. The van der Waals surface area contributed by atoms with Gasteiger partial charge in [0.2, 0.25) is 0 Å². The molecule has 0 aromatic carbocycles. The van der Waals surface area contributed by atoms with Crippen molar-refractivity contribution >= 4 is 11.9 Å². The Bertz CT molecular complexity index is 329. The molecule has 22 heavy (non-hydrogen) atoms. The summed E-state index contributed by atoms with van der Waals surface area (Å²) in [5.74, 6) is -2.13. The monoisotopic (exact) mass is 308 g/mol. The molecule has 0 aliphatic rings. The minimum absolute atomic E-state index is 0. The Morgan fingerprint density at radius 3 is 2.18 bits per heavy atom. The molecular weight excluding hydrogens is 281 g/mol. The first kappa shape index (κ1) is 23.5. The number of aliphatic hydroxyl groups excluding tert-OH is 1. The summed E-state index contributed by atoms with van der Waals surface area (Å²) < 4.78 is 0.0817. The molecule has 0 aromatic heterocycles. The number of carboxylic acids is 2. The molecule has 0 heterocycles. The summed E-state index contributed by atoms with van der Waals surface area (Å²) in [7, 11) is 0. The van der Waals surface area contributed by atoms with Gasteiger partial charge in [-0.2, -0.15) is 0 Å². The Morgan fingerprint density at radius 2 is 1.68 bits per heavy atom. The second-order valence-electron chi connectivity index (χ2n) is 5.32. The van der Waals surface area contributed by atoms with Crippen LogP contribution in [0.25, 0.3) is 0 Å². The average Bonchev–Trinajstić information content (AvgIpc) is 2.45. The quantitative estimate of drug-likeness (QED) is 0.129. The van der Waals surface area contributed by atoms with Gasteiger partial charge in [-0.1, -0.05) is 31.9 Å². The van der Waals surface area contributed by atoms with Crippen LogP contribution < -0.4 is 24.0 Å². The number of rotatable bonds is 13. The zero-order chi connectivity index (χ0) is 16.1. The number of aliphatic carboxylic acids is 2. The van der Waals surface area contributed by atoms with E-state index in [1.54, 1.807) is 0 Å². The van der Waals surface area contributed by atoms with Gasteiger partial charge in [0, 0.05) is 18.8 Å². The molecule has 0 rings (SSSR count). The number of carboxylic acid groups (broad SMARTS) is 2. The summed E-state index contributed by atoms with van der Waals surface area (Å²) >= 11 is 0. The molecular formula is C15H27LiNO5+. The molecule has 2 N–H and O–H groups in total. The Kier molecular flexibility index (Phi) is 14.8. The second kappa shape index (κ2) is 13.8. The standard InChI is InChI=1S/C15H27NO5.Li/c1-2-3-4-5-6-7-10-16(13-17,11-8-14(18)19)12-9-15(20)21;/h5-6,17H,2-4,7-13H2,1H3,(H-,18,19,20,21);/q;+1/b6-5+;. The van der Waals surface area contributed by atoms with E-state index < -0.39 is 11.9 Å². The van der Waals surface area contributed by atoms with Gasteiger partial charge in [-0.3, -0.25) is 4.79 Å². The van der Waals surface area contributed by atoms with Gasteiger partial charge < -0.3 is 24.6 Å². The van der Waals surface area contributed by atoms with E-state index in [2.05, 4.69) is 13.0 Å². The molecule has 0 aliphatic heterocycles. The summed E-state index contributed by atoms with van der Waals surface area (Å²) in [6.07, 6.45) is 7.77. The fraction of sp³-hybridized carbons (Fsp3) is 0.733. The van der Waals surface area contributed by atoms with Crippen molar-refractivity contribution in [2.45, 2.75) is 45.4 Å². The van der Waals surface area contributed by atoms with Gasteiger partial charge in [0.05, 0.1) is 26.1 Å².